The molecule has 0 N–H and O–H groups in total. The van der Waals surface area contributed by atoms with Gasteiger partial charge in [-0.25, -0.2) is 0 Å². The van der Waals surface area contributed by atoms with Crippen LogP contribution in [0.15, 0.2) is 11.4 Å². The summed E-state index contributed by atoms with van der Waals surface area (Å²) in [6, 6.07) is 0. The number of hydrogen-bond acceptors (Lipinski definition) is 5. The Morgan fingerprint density at radius 1 is 1.25 bits per heavy atom. The predicted octanol–water partition coefficient (Wildman–Crippen LogP) is 4.03. The number of esters is 1. The van der Waals surface area contributed by atoms with E-state index in [1.54, 1.807) is 6.08 Å². The van der Waals surface area contributed by atoms with Gasteiger partial charge in [0.2, 0.25) is 0 Å². The summed E-state index contributed by atoms with van der Waals surface area (Å²) in [4.78, 5) is 11.0. The van der Waals surface area contributed by atoms with Gasteiger partial charge in [0, 0.05) is 12.2 Å². The summed E-state index contributed by atoms with van der Waals surface area (Å²) in [6.45, 7) is 8.66. The van der Waals surface area contributed by atoms with E-state index in [0.29, 0.717) is 11.7 Å². The van der Waals surface area contributed by atoms with Crippen LogP contribution in [0.3, 0.4) is 0 Å². The van der Waals surface area contributed by atoms with E-state index < -0.39 is 7.60 Å². The van der Waals surface area contributed by atoms with Gasteiger partial charge in [-0.2, -0.15) is 0 Å². The molecule has 0 aromatic heterocycles. The highest BCUT2D eigenvalue weighted by atomic mass is 31.2. The summed E-state index contributed by atoms with van der Waals surface area (Å²) in [5.74, 6) is -0.336. The van der Waals surface area contributed by atoms with E-state index in [-0.39, 0.29) is 24.3 Å². The van der Waals surface area contributed by atoms with E-state index in [2.05, 4.69) is 0 Å². The summed E-state index contributed by atoms with van der Waals surface area (Å²) in [5, 5.41) is 0.623. The van der Waals surface area contributed by atoms with E-state index in [4.69, 9.17) is 13.8 Å². The molecule has 0 spiro atoms. The molecule has 0 fully saturated rings. The summed E-state index contributed by atoms with van der Waals surface area (Å²) in [7, 11) is -3.32. The van der Waals surface area contributed by atoms with Crippen molar-refractivity contribution in [2.75, 3.05) is 0 Å². The second-order valence-corrected chi connectivity index (χ2v) is 7.49. The zero-order valence-electron chi connectivity index (χ0n) is 12.9. The predicted molar refractivity (Wildman–Crippen MR) is 77.5 cm³/mol. The zero-order valence-corrected chi connectivity index (χ0v) is 13.8. The van der Waals surface area contributed by atoms with E-state index in [9.17, 15) is 9.36 Å². The van der Waals surface area contributed by atoms with E-state index in [1.807, 2.05) is 27.7 Å². The Morgan fingerprint density at radius 3 is 2.25 bits per heavy atom. The van der Waals surface area contributed by atoms with Crippen LogP contribution < -0.4 is 0 Å². The lowest BCUT2D eigenvalue weighted by Gasteiger charge is -2.28. The van der Waals surface area contributed by atoms with Crippen LogP contribution >= 0.6 is 7.60 Å². The van der Waals surface area contributed by atoms with Crippen molar-refractivity contribution in [2.45, 2.75) is 72.2 Å². The molecule has 0 aromatic rings. The molecule has 0 amide bonds. The van der Waals surface area contributed by atoms with Gasteiger partial charge >= 0.3 is 13.6 Å². The molecule has 1 atom stereocenters. The largest absolute Gasteiger partial charge is 0.458 e. The van der Waals surface area contributed by atoms with E-state index in [0.717, 1.165) is 12.8 Å². The Bertz CT molecular complexity index is 400. The standard InChI is InChI=1S/C14H25O5P/c1-10(2)18-20(16,19-11(3)4)14-8-6-7-13(9-14)17-12(5)15/h9-11,13H,6-8H2,1-5H3. The maximum absolute atomic E-state index is 13.0. The number of carbonyl (C=O) groups excluding carboxylic acids is 1. The van der Waals surface area contributed by atoms with Gasteiger partial charge < -0.3 is 13.8 Å². The van der Waals surface area contributed by atoms with Gasteiger partial charge in [-0.05, 0) is 53.0 Å². The zero-order chi connectivity index (χ0) is 15.3. The molecule has 1 rings (SSSR count). The van der Waals surface area contributed by atoms with E-state index in [1.165, 1.54) is 6.92 Å². The molecule has 1 unspecified atom stereocenters. The summed E-state index contributed by atoms with van der Waals surface area (Å²) in [6.07, 6.45) is 3.19. The summed E-state index contributed by atoms with van der Waals surface area (Å²) < 4.78 is 29.3. The molecule has 0 aliphatic heterocycles. The molecule has 0 heterocycles. The molecule has 6 heteroatoms. The normalized spacial score (nSPS) is 20.1. The fourth-order valence-corrected chi connectivity index (χ4v) is 4.33. The Morgan fingerprint density at radius 2 is 1.80 bits per heavy atom. The average Bonchev–Trinajstić information content (AvgIpc) is 2.26. The highest BCUT2D eigenvalue weighted by Crippen LogP contribution is 2.60. The van der Waals surface area contributed by atoms with Crippen LogP contribution in [0.25, 0.3) is 0 Å². The smallest absolute Gasteiger partial charge is 0.357 e. The van der Waals surface area contributed by atoms with Gasteiger partial charge in [-0.3, -0.25) is 9.36 Å². The van der Waals surface area contributed by atoms with Crippen LogP contribution in [0.5, 0.6) is 0 Å². The Labute approximate surface area is 121 Å². The van der Waals surface area contributed by atoms with Crippen molar-refractivity contribution in [3.8, 4) is 0 Å². The topological polar surface area (TPSA) is 61.8 Å². The lowest BCUT2D eigenvalue weighted by molar-refractivity contribution is -0.144. The first-order valence-corrected chi connectivity index (χ1v) is 8.62. The van der Waals surface area contributed by atoms with Crippen LogP contribution in [0.2, 0.25) is 0 Å². The van der Waals surface area contributed by atoms with E-state index >= 15 is 0 Å². The van der Waals surface area contributed by atoms with Crippen molar-refractivity contribution >= 4 is 13.6 Å². The fraction of sp³-hybridized carbons (Fsp3) is 0.786. The highest BCUT2D eigenvalue weighted by molar-refractivity contribution is 7.58. The second kappa shape index (κ2) is 7.39. The molecule has 0 saturated heterocycles. The summed E-state index contributed by atoms with van der Waals surface area (Å²) >= 11 is 0. The lowest BCUT2D eigenvalue weighted by Crippen LogP contribution is -2.19. The van der Waals surface area contributed by atoms with Crippen molar-refractivity contribution in [1.82, 2.24) is 0 Å². The SMILES string of the molecule is CC(=O)OC1C=C(P(=O)(OC(C)C)OC(C)C)CCC1. The average molecular weight is 304 g/mol. The molecule has 1 aliphatic rings. The molecule has 0 bridgehead atoms. The van der Waals surface area contributed by atoms with Crippen LogP contribution in [0.1, 0.15) is 53.9 Å². The first-order chi connectivity index (χ1) is 9.23. The maximum atomic E-state index is 13.0. The van der Waals surface area contributed by atoms with Crippen molar-refractivity contribution in [3.63, 3.8) is 0 Å². The third kappa shape index (κ3) is 5.39. The van der Waals surface area contributed by atoms with Crippen molar-refractivity contribution in [1.29, 1.82) is 0 Å². The molecule has 0 aromatic carbocycles. The Kier molecular flexibility index (Phi) is 6.44. The third-order valence-corrected chi connectivity index (χ3v) is 5.14. The van der Waals surface area contributed by atoms with Crippen molar-refractivity contribution < 1.29 is 23.1 Å². The molecule has 0 radical (unpaired) electrons. The maximum Gasteiger partial charge on any atom is 0.357 e. The highest BCUT2D eigenvalue weighted by Gasteiger charge is 2.35. The van der Waals surface area contributed by atoms with Crippen LogP contribution in [0, 0.1) is 0 Å². The molecular formula is C14H25O5P. The molecule has 5 nitrogen and oxygen atoms in total. The Balaban J connectivity index is 2.96. The minimum Gasteiger partial charge on any atom is -0.458 e. The molecule has 1 aliphatic carbocycles. The minimum atomic E-state index is -3.32. The van der Waals surface area contributed by atoms with Crippen LogP contribution in [0.4, 0.5) is 0 Å². The first-order valence-electron chi connectivity index (χ1n) is 7.08. The van der Waals surface area contributed by atoms with Gasteiger partial charge in [0.05, 0.1) is 12.2 Å². The number of rotatable bonds is 6. The van der Waals surface area contributed by atoms with Gasteiger partial charge in [-0.1, -0.05) is 0 Å². The van der Waals surface area contributed by atoms with Crippen molar-refractivity contribution in [3.05, 3.63) is 11.4 Å². The van der Waals surface area contributed by atoms with Crippen molar-refractivity contribution in [2.24, 2.45) is 0 Å². The second-order valence-electron chi connectivity index (χ2n) is 5.50. The third-order valence-electron chi connectivity index (χ3n) is 2.67. The van der Waals surface area contributed by atoms with Gasteiger partial charge in [0.15, 0.2) is 0 Å². The number of carbonyl (C=O) groups is 1. The molecule has 116 valence electrons. The lowest BCUT2D eigenvalue weighted by atomic mass is 10.1. The van der Waals surface area contributed by atoms with Gasteiger partial charge in [0.1, 0.15) is 6.10 Å². The van der Waals surface area contributed by atoms with Gasteiger partial charge in [-0.15, -0.1) is 0 Å². The van der Waals surface area contributed by atoms with Crippen LogP contribution in [-0.2, 0) is 23.1 Å². The molecule has 20 heavy (non-hydrogen) atoms. The van der Waals surface area contributed by atoms with Gasteiger partial charge in [0.25, 0.3) is 0 Å². The number of ether oxygens (including phenoxy) is 1. The number of hydrogen-bond donors (Lipinski definition) is 0. The number of allylic oxidation sites excluding steroid dienone is 1. The quantitative estimate of drug-likeness (QED) is 0.547. The Hall–Kier alpha value is -0.640. The minimum absolute atomic E-state index is 0.199. The monoisotopic (exact) mass is 304 g/mol. The summed E-state index contributed by atoms with van der Waals surface area (Å²) in [5.41, 5.74) is 0. The van der Waals surface area contributed by atoms with Crippen LogP contribution in [-0.4, -0.2) is 24.3 Å². The fourth-order valence-electron chi connectivity index (χ4n) is 2.12. The molecular weight excluding hydrogens is 279 g/mol. The first kappa shape index (κ1) is 17.4. The molecule has 0 saturated carbocycles.